The van der Waals surface area contributed by atoms with E-state index in [2.05, 4.69) is 6.07 Å². The third-order valence-corrected chi connectivity index (χ3v) is 3.95. The predicted molar refractivity (Wildman–Crippen MR) is 80.1 cm³/mol. The van der Waals surface area contributed by atoms with Gasteiger partial charge in [0.1, 0.15) is 0 Å². The van der Waals surface area contributed by atoms with Crippen LogP contribution in [0, 0.1) is 6.92 Å². The van der Waals surface area contributed by atoms with Crippen LogP contribution < -0.4 is 11.5 Å². The van der Waals surface area contributed by atoms with Gasteiger partial charge in [-0.15, -0.1) is 11.8 Å². The number of primary amides is 1. The summed E-state index contributed by atoms with van der Waals surface area (Å²) in [5.74, 6) is 0.455. The SMILES string of the molecule is Cc1cc(SCc2ccc(C(N)=O)cc2)ccc1N. The molecule has 4 heteroatoms. The molecule has 0 saturated heterocycles. The number of anilines is 1. The molecule has 0 fully saturated rings. The summed E-state index contributed by atoms with van der Waals surface area (Å²) >= 11 is 1.74. The fraction of sp³-hybridized carbons (Fsp3) is 0.133. The summed E-state index contributed by atoms with van der Waals surface area (Å²) in [6.07, 6.45) is 0. The molecule has 1 amide bonds. The lowest BCUT2D eigenvalue weighted by Gasteiger charge is -2.05. The average molecular weight is 272 g/mol. The largest absolute Gasteiger partial charge is 0.399 e. The molecule has 2 rings (SSSR count). The van der Waals surface area contributed by atoms with Crippen molar-refractivity contribution < 1.29 is 4.79 Å². The number of hydrogen-bond acceptors (Lipinski definition) is 3. The van der Waals surface area contributed by atoms with Crippen molar-refractivity contribution in [2.24, 2.45) is 5.73 Å². The molecule has 4 N–H and O–H groups in total. The molecule has 98 valence electrons. The Hall–Kier alpha value is -1.94. The van der Waals surface area contributed by atoms with Gasteiger partial charge in [0.2, 0.25) is 5.91 Å². The summed E-state index contributed by atoms with van der Waals surface area (Å²) in [6, 6.07) is 13.4. The van der Waals surface area contributed by atoms with Crippen molar-refractivity contribution in [3.63, 3.8) is 0 Å². The number of rotatable bonds is 4. The zero-order valence-corrected chi connectivity index (χ0v) is 11.5. The molecule has 0 aliphatic rings. The molecule has 0 heterocycles. The summed E-state index contributed by atoms with van der Waals surface area (Å²) in [6.45, 7) is 2.00. The molecular formula is C15H16N2OS. The molecule has 0 bridgehead atoms. The van der Waals surface area contributed by atoms with Crippen LogP contribution in [0.4, 0.5) is 5.69 Å². The van der Waals surface area contributed by atoms with E-state index in [-0.39, 0.29) is 0 Å². The van der Waals surface area contributed by atoms with Gasteiger partial charge in [0, 0.05) is 21.9 Å². The quantitative estimate of drug-likeness (QED) is 0.664. The topological polar surface area (TPSA) is 69.1 Å². The first-order valence-corrected chi connectivity index (χ1v) is 6.92. The fourth-order valence-corrected chi connectivity index (χ4v) is 2.62. The first-order valence-electron chi connectivity index (χ1n) is 5.94. The van der Waals surface area contributed by atoms with Crippen molar-refractivity contribution in [3.8, 4) is 0 Å². The molecule has 0 aromatic heterocycles. The number of carbonyl (C=O) groups is 1. The van der Waals surface area contributed by atoms with Gasteiger partial charge in [-0.1, -0.05) is 12.1 Å². The van der Waals surface area contributed by atoms with Crippen LogP contribution in [0.15, 0.2) is 47.4 Å². The molecule has 0 saturated carbocycles. The first kappa shape index (κ1) is 13.5. The van der Waals surface area contributed by atoms with Crippen molar-refractivity contribution in [1.82, 2.24) is 0 Å². The van der Waals surface area contributed by atoms with Crippen LogP contribution in [-0.4, -0.2) is 5.91 Å². The highest BCUT2D eigenvalue weighted by molar-refractivity contribution is 7.98. The standard InChI is InChI=1S/C15H16N2OS/c1-10-8-13(6-7-14(10)16)19-9-11-2-4-12(5-3-11)15(17)18/h2-8H,9,16H2,1H3,(H2,17,18). The second-order valence-corrected chi connectivity index (χ2v) is 5.42. The van der Waals surface area contributed by atoms with E-state index in [9.17, 15) is 4.79 Å². The van der Waals surface area contributed by atoms with Crippen LogP contribution in [0.5, 0.6) is 0 Å². The molecular weight excluding hydrogens is 256 g/mol. The van der Waals surface area contributed by atoms with Crippen LogP contribution in [0.2, 0.25) is 0 Å². The normalized spacial score (nSPS) is 10.4. The van der Waals surface area contributed by atoms with E-state index in [1.165, 1.54) is 4.90 Å². The Balaban J connectivity index is 2.01. The summed E-state index contributed by atoms with van der Waals surface area (Å²) in [5.41, 5.74) is 14.6. The predicted octanol–water partition coefficient (Wildman–Crippen LogP) is 2.97. The molecule has 0 aliphatic carbocycles. The monoisotopic (exact) mass is 272 g/mol. The van der Waals surface area contributed by atoms with Crippen molar-refractivity contribution in [1.29, 1.82) is 0 Å². The van der Waals surface area contributed by atoms with Gasteiger partial charge >= 0.3 is 0 Å². The van der Waals surface area contributed by atoms with Crippen LogP contribution >= 0.6 is 11.8 Å². The molecule has 2 aromatic carbocycles. The lowest BCUT2D eigenvalue weighted by atomic mass is 10.1. The van der Waals surface area contributed by atoms with E-state index in [0.717, 1.165) is 22.6 Å². The van der Waals surface area contributed by atoms with Gasteiger partial charge in [0.15, 0.2) is 0 Å². The van der Waals surface area contributed by atoms with Crippen molar-refractivity contribution in [2.75, 3.05) is 5.73 Å². The minimum absolute atomic E-state index is 0.395. The first-order chi connectivity index (χ1) is 9.06. The van der Waals surface area contributed by atoms with Gasteiger partial charge in [0.25, 0.3) is 0 Å². The van der Waals surface area contributed by atoms with Crippen LogP contribution in [0.3, 0.4) is 0 Å². The lowest BCUT2D eigenvalue weighted by molar-refractivity contribution is 0.100. The van der Waals surface area contributed by atoms with Crippen LogP contribution in [0.1, 0.15) is 21.5 Å². The highest BCUT2D eigenvalue weighted by atomic mass is 32.2. The molecule has 0 radical (unpaired) electrons. The molecule has 2 aromatic rings. The molecule has 0 spiro atoms. The Bertz CT molecular complexity index is 594. The van der Waals surface area contributed by atoms with Gasteiger partial charge in [-0.05, 0) is 48.4 Å². The number of benzene rings is 2. The number of aryl methyl sites for hydroxylation is 1. The van der Waals surface area contributed by atoms with E-state index in [4.69, 9.17) is 11.5 Å². The van der Waals surface area contributed by atoms with E-state index in [0.29, 0.717) is 5.56 Å². The number of hydrogen-bond donors (Lipinski definition) is 2. The highest BCUT2D eigenvalue weighted by Gasteiger charge is 2.01. The maximum atomic E-state index is 11.0. The molecule has 3 nitrogen and oxygen atoms in total. The number of nitrogens with two attached hydrogens (primary N) is 2. The summed E-state index contributed by atoms with van der Waals surface area (Å²) in [4.78, 5) is 12.2. The van der Waals surface area contributed by atoms with Gasteiger partial charge < -0.3 is 11.5 Å². The maximum Gasteiger partial charge on any atom is 0.248 e. The number of thioether (sulfide) groups is 1. The molecule has 0 unspecified atom stereocenters. The Kier molecular flexibility index (Phi) is 4.12. The molecule has 19 heavy (non-hydrogen) atoms. The van der Waals surface area contributed by atoms with Crippen molar-refractivity contribution in [2.45, 2.75) is 17.6 Å². The molecule has 0 aliphatic heterocycles. The van der Waals surface area contributed by atoms with Gasteiger partial charge in [-0.2, -0.15) is 0 Å². The van der Waals surface area contributed by atoms with Gasteiger partial charge in [0.05, 0.1) is 0 Å². The Morgan fingerprint density at radius 3 is 2.42 bits per heavy atom. The Morgan fingerprint density at radius 1 is 1.16 bits per heavy atom. The van der Waals surface area contributed by atoms with Crippen molar-refractivity contribution >= 4 is 23.4 Å². The van der Waals surface area contributed by atoms with E-state index in [1.54, 1.807) is 23.9 Å². The van der Waals surface area contributed by atoms with Crippen LogP contribution in [-0.2, 0) is 5.75 Å². The average Bonchev–Trinajstić information content (AvgIpc) is 2.40. The lowest BCUT2D eigenvalue weighted by Crippen LogP contribution is -2.10. The minimum Gasteiger partial charge on any atom is -0.399 e. The fourth-order valence-electron chi connectivity index (χ4n) is 1.67. The van der Waals surface area contributed by atoms with E-state index < -0.39 is 5.91 Å². The maximum absolute atomic E-state index is 11.0. The second-order valence-electron chi connectivity index (χ2n) is 4.37. The van der Waals surface area contributed by atoms with Crippen molar-refractivity contribution in [3.05, 3.63) is 59.2 Å². The number of carbonyl (C=O) groups excluding carboxylic acids is 1. The third-order valence-electron chi connectivity index (χ3n) is 2.89. The number of amides is 1. The summed E-state index contributed by atoms with van der Waals surface area (Å²) in [7, 11) is 0. The molecule has 0 atom stereocenters. The summed E-state index contributed by atoms with van der Waals surface area (Å²) < 4.78 is 0. The Morgan fingerprint density at radius 2 is 1.84 bits per heavy atom. The van der Waals surface area contributed by atoms with E-state index in [1.807, 2.05) is 31.2 Å². The third kappa shape index (κ3) is 3.51. The second kappa shape index (κ2) is 5.80. The zero-order valence-electron chi connectivity index (χ0n) is 10.7. The van der Waals surface area contributed by atoms with Crippen LogP contribution in [0.25, 0.3) is 0 Å². The van der Waals surface area contributed by atoms with E-state index >= 15 is 0 Å². The number of nitrogen functional groups attached to an aromatic ring is 1. The van der Waals surface area contributed by atoms with Gasteiger partial charge in [-0.25, -0.2) is 0 Å². The van der Waals surface area contributed by atoms with Gasteiger partial charge in [-0.3, -0.25) is 4.79 Å². The Labute approximate surface area is 117 Å². The smallest absolute Gasteiger partial charge is 0.248 e. The zero-order chi connectivity index (χ0) is 13.8. The summed E-state index contributed by atoms with van der Waals surface area (Å²) in [5, 5.41) is 0. The minimum atomic E-state index is -0.395. The highest BCUT2D eigenvalue weighted by Crippen LogP contribution is 2.25.